The second kappa shape index (κ2) is 7.96. The van der Waals surface area contributed by atoms with Crippen LogP contribution in [0.5, 0.6) is 0 Å². The van der Waals surface area contributed by atoms with Crippen LogP contribution in [0.1, 0.15) is 48.0 Å². The lowest BCUT2D eigenvalue weighted by atomic mass is 9.87. The van der Waals surface area contributed by atoms with Crippen LogP contribution in [0.3, 0.4) is 0 Å². The summed E-state index contributed by atoms with van der Waals surface area (Å²) in [6, 6.07) is 12.7. The highest BCUT2D eigenvalue weighted by Crippen LogP contribution is 2.25. The van der Waals surface area contributed by atoms with Crippen molar-refractivity contribution in [2.45, 2.75) is 40.0 Å². The number of hydrogen-bond donors (Lipinski definition) is 2. The topological polar surface area (TPSA) is 106 Å². The van der Waals surface area contributed by atoms with E-state index in [0.29, 0.717) is 34.1 Å². The third-order valence-electron chi connectivity index (χ3n) is 5.32. The highest BCUT2D eigenvalue weighted by atomic mass is 16.3. The number of amides is 1. The first kappa shape index (κ1) is 21.3. The van der Waals surface area contributed by atoms with Crippen molar-refractivity contribution in [3.05, 3.63) is 81.5 Å². The van der Waals surface area contributed by atoms with Gasteiger partial charge in [0.1, 0.15) is 11.5 Å². The Balaban J connectivity index is 1.73. The molecule has 0 saturated heterocycles. The summed E-state index contributed by atoms with van der Waals surface area (Å²) >= 11 is 0. The van der Waals surface area contributed by atoms with Gasteiger partial charge in [0.2, 0.25) is 5.95 Å². The molecule has 1 aromatic carbocycles. The van der Waals surface area contributed by atoms with Gasteiger partial charge in [-0.1, -0.05) is 32.9 Å². The fourth-order valence-corrected chi connectivity index (χ4v) is 3.22. The van der Waals surface area contributed by atoms with Gasteiger partial charge in [-0.25, -0.2) is 4.98 Å². The number of hydrogen-bond acceptors (Lipinski definition) is 5. The van der Waals surface area contributed by atoms with Crippen LogP contribution in [-0.2, 0) is 5.41 Å². The molecule has 0 atom stereocenters. The number of aromatic amines is 1. The molecule has 8 nitrogen and oxygen atoms in total. The van der Waals surface area contributed by atoms with Gasteiger partial charge in [-0.2, -0.15) is 9.78 Å². The summed E-state index contributed by atoms with van der Waals surface area (Å²) in [6.45, 7) is 9.81. The van der Waals surface area contributed by atoms with E-state index in [1.165, 1.54) is 4.68 Å². The maximum absolute atomic E-state index is 13.0. The molecule has 0 aliphatic rings. The van der Waals surface area contributed by atoms with Gasteiger partial charge in [0.15, 0.2) is 5.76 Å². The van der Waals surface area contributed by atoms with Crippen molar-refractivity contribution in [3.8, 4) is 17.4 Å². The maximum atomic E-state index is 13.0. The van der Waals surface area contributed by atoms with E-state index in [1.54, 1.807) is 50.4 Å². The third-order valence-corrected chi connectivity index (χ3v) is 5.32. The summed E-state index contributed by atoms with van der Waals surface area (Å²) in [4.78, 5) is 32.4. The van der Waals surface area contributed by atoms with E-state index in [1.807, 2.05) is 12.1 Å². The van der Waals surface area contributed by atoms with Gasteiger partial charge >= 0.3 is 0 Å². The van der Waals surface area contributed by atoms with Gasteiger partial charge in [-0.05, 0) is 49.1 Å². The number of rotatable bonds is 4. The first-order valence-corrected chi connectivity index (χ1v) is 10.3. The van der Waals surface area contributed by atoms with E-state index in [2.05, 4.69) is 41.2 Å². The van der Waals surface area contributed by atoms with Crippen LogP contribution >= 0.6 is 0 Å². The monoisotopic (exact) mass is 431 g/mol. The van der Waals surface area contributed by atoms with Crippen LogP contribution in [0.2, 0.25) is 0 Å². The van der Waals surface area contributed by atoms with Gasteiger partial charge in [0, 0.05) is 22.9 Å². The number of aromatic nitrogens is 4. The Morgan fingerprint density at radius 3 is 2.44 bits per heavy atom. The molecule has 2 N–H and O–H groups in total. The Morgan fingerprint density at radius 2 is 1.84 bits per heavy atom. The van der Waals surface area contributed by atoms with Crippen molar-refractivity contribution in [3.63, 3.8) is 0 Å². The number of carbonyl (C=O) groups excluding carboxylic acids is 1. The molecule has 4 rings (SSSR count). The third kappa shape index (κ3) is 4.12. The molecule has 0 aliphatic carbocycles. The second-order valence-corrected chi connectivity index (χ2v) is 8.69. The zero-order valence-corrected chi connectivity index (χ0v) is 18.7. The molecule has 8 heteroatoms. The Bertz CT molecular complexity index is 1320. The molecular formula is C24H25N5O3. The maximum Gasteiger partial charge on any atom is 0.256 e. The molecule has 0 fully saturated rings. The number of nitrogens with one attached hydrogen (secondary N) is 2. The molecule has 0 aliphatic heterocycles. The minimum Gasteiger partial charge on any atom is -0.463 e. The second-order valence-electron chi connectivity index (χ2n) is 8.69. The highest BCUT2D eigenvalue weighted by molar-refractivity contribution is 6.04. The van der Waals surface area contributed by atoms with Gasteiger partial charge in [-0.15, -0.1) is 0 Å². The van der Waals surface area contributed by atoms with E-state index in [9.17, 15) is 9.59 Å². The van der Waals surface area contributed by atoms with Gasteiger partial charge in [0.25, 0.3) is 11.5 Å². The predicted molar refractivity (Wildman–Crippen MR) is 122 cm³/mol. The summed E-state index contributed by atoms with van der Waals surface area (Å²) in [5.74, 6) is 0.783. The van der Waals surface area contributed by atoms with E-state index < -0.39 is 0 Å². The molecule has 3 heterocycles. The first-order chi connectivity index (χ1) is 15.1. The average molecular weight is 431 g/mol. The lowest BCUT2D eigenvalue weighted by Crippen LogP contribution is -2.21. The summed E-state index contributed by atoms with van der Waals surface area (Å²) in [6.07, 6.45) is 1.54. The molecule has 0 spiro atoms. The van der Waals surface area contributed by atoms with Gasteiger partial charge < -0.3 is 9.73 Å². The van der Waals surface area contributed by atoms with Crippen molar-refractivity contribution < 1.29 is 9.21 Å². The number of aryl methyl sites for hydroxylation is 1. The standard InChI is InChI=1S/C24H25N5O3/c1-14-15(2)25-23(27-21(14)30)29-20(13-18(28-29)19-7-6-12-32-19)26-22(31)16-8-10-17(11-9-16)24(3,4)5/h6-13H,1-5H3,(H,26,31)(H,25,27,30). The number of benzene rings is 1. The van der Waals surface area contributed by atoms with Crippen molar-refractivity contribution in [2.24, 2.45) is 0 Å². The van der Waals surface area contributed by atoms with E-state index >= 15 is 0 Å². The number of furan rings is 1. The molecule has 0 radical (unpaired) electrons. The van der Waals surface area contributed by atoms with Gasteiger partial charge in [-0.3, -0.25) is 14.6 Å². The number of carbonyl (C=O) groups is 1. The van der Waals surface area contributed by atoms with Gasteiger partial charge in [0.05, 0.1) is 6.26 Å². The normalized spacial score (nSPS) is 11.5. The molecule has 0 unspecified atom stereocenters. The first-order valence-electron chi connectivity index (χ1n) is 10.3. The molecule has 32 heavy (non-hydrogen) atoms. The molecule has 1 amide bonds. The number of nitrogens with zero attached hydrogens (tertiary/aromatic N) is 3. The average Bonchev–Trinajstić information content (AvgIpc) is 3.41. The van der Waals surface area contributed by atoms with Crippen molar-refractivity contribution in [1.82, 2.24) is 19.7 Å². The Labute approximate surface area is 185 Å². The lowest BCUT2D eigenvalue weighted by Gasteiger charge is -2.19. The minimum atomic E-state index is -0.302. The van der Waals surface area contributed by atoms with E-state index in [0.717, 1.165) is 5.56 Å². The number of anilines is 1. The van der Waals surface area contributed by atoms with Crippen molar-refractivity contribution in [2.75, 3.05) is 5.32 Å². The van der Waals surface area contributed by atoms with E-state index in [4.69, 9.17) is 4.42 Å². The Hall–Kier alpha value is -3.94. The molecular weight excluding hydrogens is 406 g/mol. The zero-order valence-electron chi connectivity index (χ0n) is 18.7. The Kier molecular flexibility index (Phi) is 5.30. The summed E-state index contributed by atoms with van der Waals surface area (Å²) < 4.78 is 6.84. The molecule has 0 bridgehead atoms. The summed E-state index contributed by atoms with van der Waals surface area (Å²) in [5.41, 5.74) is 2.96. The number of H-pyrrole nitrogens is 1. The Morgan fingerprint density at radius 1 is 1.12 bits per heavy atom. The van der Waals surface area contributed by atoms with Crippen LogP contribution in [-0.4, -0.2) is 25.7 Å². The van der Waals surface area contributed by atoms with Crippen LogP contribution in [0, 0.1) is 13.8 Å². The van der Waals surface area contributed by atoms with Crippen molar-refractivity contribution in [1.29, 1.82) is 0 Å². The SMILES string of the molecule is Cc1nc(-n2nc(-c3ccco3)cc2NC(=O)c2ccc(C(C)(C)C)cc2)[nH]c(=O)c1C. The largest absolute Gasteiger partial charge is 0.463 e. The van der Waals surface area contributed by atoms with E-state index in [-0.39, 0.29) is 22.8 Å². The van der Waals surface area contributed by atoms with Crippen LogP contribution < -0.4 is 10.9 Å². The molecule has 0 saturated carbocycles. The minimum absolute atomic E-state index is 0.00753. The van der Waals surface area contributed by atoms with Crippen LogP contribution in [0.4, 0.5) is 5.82 Å². The molecule has 3 aromatic heterocycles. The molecule has 164 valence electrons. The van der Waals surface area contributed by atoms with Crippen LogP contribution in [0.15, 0.2) is 57.9 Å². The van der Waals surface area contributed by atoms with Crippen LogP contribution in [0.25, 0.3) is 17.4 Å². The zero-order chi connectivity index (χ0) is 23.0. The smallest absolute Gasteiger partial charge is 0.256 e. The highest BCUT2D eigenvalue weighted by Gasteiger charge is 2.19. The molecule has 4 aromatic rings. The lowest BCUT2D eigenvalue weighted by molar-refractivity contribution is 0.102. The summed E-state index contributed by atoms with van der Waals surface area (Å²) in [7, 11) is 0. The summed E-state index contributed by atoms with van der Waals surface area (Å²) in [5, 5.41) is 7.38. The fraction of sp³-hybridized carbons (Fsp3) is 0.250. The predicted octanol–water partition coefficient (Wildman–Crippen LogP) is 4.38. The quantitative estimate of drug-likeness (QED) is 0.499. The fourth-order valence-electron chi connectivity index (χ4n) is 3.22. The van der Waals surface area contributed by atoms with Crippen molar-refractivity contribution >= 4 is 11.7 Å².